The fourth-order valence-corrected chi connectivity index (χ4v) is 3.43. The molecule has 0 aliphatic rings. The van der Waals surface area contributed by atoms with Crippen molar-refractivity contribution in [2.75, 3.05) is 0 Å². The van der Waals surface area contributed by atoms with Crippen LogP contribution in [0.4, 0.5) is 0 Å². The lowest BCUT2D eigenvalue weighted by atomic mass is 10.2. The number of aryl methyl sites for hydroxylation is 1. The fourth-order valence-electron chi connectivity index (χ4n) is 2.87. The van der Waals surface area contributed by atoms with Crippen LogP contribution in [0.25, 0.3) is 5.69 Å². The maximum Gasteiger partial charge on any atom is 0.272 e. The molecule has 0 fully saturated rings. The van der Waals surface area contributed by atoms with E-state index < -0.39 is 0 Å². The van der Waals surface area contributed by atoms with Gasteiger partial charge < -0.3 is 4.57 Å². The van der Waals surface area contributed by atoms with Gasteiger partial charge in [-0.1, -0.05) is 18.2 Å². The number of carbonyl (C=O) groups is 1. The predicted octanol–water partition coefficient (Wildman–Crippen LogP) is 4.32. The van der Waals surface area contributed by atoms with Crippen LogP contribution in [0.2, 0.25) is 0 Å². The Bertz CT molecular complexity index is 977. The van der Waals surface area contributed by atoms with Gasteiger partial charge in [-0.2, -0.15) is 5.10 Å². The molecule has 0 saturated heterocycles. The Morgan fingerprint density at radius 3 is 2.62 bits per heavy atom. The van der Waals surface area contributed by atoms with Crippen molar-refractivity contribution >= 4 is 28.1 Å². The second-order valence-electron chi connectivity index (χ2n) is 5.96. The first-order chi connectivity index (χ1) is 12.5. The molecule has 1 aromatic carbocycles. The molecule has 1 N–H and O–H groups in total. The maximum absolute atomic E-state index is 12.1. The zero-order valence-electron chi connectivity index (χ0n) is 14.8. The summed E-state index contributed by atoms with van der Waals surface area (Å²) in [7, 11) is 0. The lowest BCUT2D eigenvalue weighted by Gasteiger charge is -2.12. The van der Waals surface area contributed by atoms with E-state index in [-0.39, 0.29) is 5.91 Å². The summed E-state index contributed by atoms with van der Waals surface area (Å²) in [5, 5.41) is 4.11. The van der Waals surface area contributed by atoms with Gasteiger partial charge in [-0.3, -0.25) is 9.78 Å². The summed E-state index contributed by atoms with van der Waals surface area (Å²) < 4.78 is 3.14. The van der Waals surface area contributed by atoms with Crippen LogP contribution >= 0.6 is 15.9 Å². The third-order valence-corrected chi connectivity index (χ3v) is 5.26. The SMILES string of the molecule is Cc1ccccc1-n1c(C)c(Br)c(/C=N\NC(=O)c2cccnc2)c1C. The molecule has 132 valence electrons. The second-order valence-corrected chi connectivity index (χ2v) is 6.75. The average molecular weight is 411 g/mol. The number of aromatic nitrogens is 2. The first kappa shape index (κ1) is 18.1. The molecule has 6 heteroatoms. The number of hydrogen-bond acceptors (Lipinski definition) is 3. The number of pyridine rings is 1. The minimum Gasteiger partial charge on any atom is -0.316 e. The Labute approximate surface area is 160 Å². The lowest BCUT2D eigenvalue weighted by Crippen LogP contribution is -2.17. The van der Waals surface area contributed by atoms with E-state index in [9.17, 15) is 4.79 Å². The van der Waals surface area contributed by atoms with Gasteiger partial charge in [0.05, 0.1) is 11.8 Å². The molecular formula is C20H19BrN4O. The molecule has 3 rings (SSSR count). The molecule has 0 atom stereocenters. The molecule has 0 aliphatic carbocycles. The van der Waals surface area contributed by atoms with Crippen molar-refractivity contribution in [3.05, 3.63) is 81.3 Å². The number of hydrazone groups is 1. The fraction of sp³-hybridized carbons (Fsp3) is 0.150. The van der Waals surface area contributed by atoms with Crippen LogP contribution in [-0.4, -0.2) is 21.7 Å². The quantitative estimate of drug-likeness (QED) is 0.514. The van der Waals surface area contributed by atoms with E-state index >= 15 is 0 Å². The van der Waals surface area contributed by atoms with Crippen LogP contribution in [0.3, 0.4) is 0 Å². The number of hydrogen-bond donors (Lipinski definition) is 1. The highest BCUT2D eigenvalue weighted by molar-refractivity contribution is 9.10. The monoisotopic (exact) mass is 410 g/mol. The summed E-state index contributed by atoms with van der Waals surface area (Å²) in [4.78, 5) is 16.0. The Hall–Kier alpha value is -2.73. The third-order valence-electron chi connectivity index (χ3n) is 4.25. The van der Waals surface area contributed by atoms with Gasteiger partial charge in [0, 0.05) is 39.5 Å². The second kappa shape index (κ2) is 7.66. The van der Waals surface area contributed by atoms with Crippen LogP contribution < -0.4 is 5.43 Å². The van der Waals surface area contributed by atoms with E-state index in [4.69, 9.17) is 0 Å². The van der Waals surface area contributed by atoms with Crippen LogP contribution in [0.1, 0.15) is 32.9 Å². The number of carbonyl (C=O) groups excluding carboxylic acids is 1. The van der Waals surface area contributed by atoms with Crippen molar-refractivity contribution in [3.63, 3.8) is 0 Å². The highest BCUT2D eigenvalue weighted by Gasteiger charge is 2.16. The van der Waals surface area contributed by atoms with Gasteiger partial charge in [-0.15, -0.1) is 0 Å². The van der Waals surface area contributed by atoms with Gasteiger partial charge in [0.25, 0.3) is 5.91 Å². The van der Waals surface area contributed by atoms with Crippen LogP contribution in [0.5, 0.6) is 0 Å². The van der Waals surface area contributed by atoms with Crippen molar-refractivity contribution < 1.29 is 4.79 Å². The van der Waals surface area contributed by atoms with Gasteiger partial charge in [-0.05, 0) is 60.5 Å². The van der Waals surface area contributed by atoms with Crippen molar-refractivity contribution in [1.82, 2.24) is 15.0 Å². The molecule has 1 amide bonds. The van der Waals surface area contributed by atoms with Gasteiger partial charge in [0.2, 0.25) is 0 Å². The molecule has 0 aliphatic heterocycles. The van der Waals surface area contributed by atoms with E-state index in [0.717, 1.165) is 27.1 Å². The highest BCUT2D eigenvalue weighted by atomic mass is 79.9. The summed E-state index contributed by atoms with van der Waals surface area (Å²) in [6.45, 7) is 6.17. The smallest absolute Gasteiger partial charge is 0.272 e. The summed E-state index contributed by atoms with van der Waals surface area (Å²) in [5.74, 6) is -0.293. The third kappa shape index (κ3) is 3.46. The number of amides is 1. The maximum atomic E-state index is 12.1. The molecule has 2 aromatic heterocycles. The molecule has 0 radical (unpaired) electrons. The zero-order chi connectivity index (χ0) is 18.7. The summed E-state index contributed by atoms with van der Waals surface area (Å²) in [6.07, 6.45) is 4.79. The number of halogens is 1. The molecule has 3 aromatic rings. The lowest BCUT2D eigenvalue weighted by molar-refractivity contribution is 0.0955. The molecule has 0 spiro atoms. The molecule has 5 nitrogen and oxygen atoms in total. The molecule has 26 heavy (non-hydrogen) atoms. The van der Waals surface area contributed by atoms with Crippen molar-refractivity contribution in [1.29, 1.82) is 0 Å². The first-order valence-corrected chi connectivity index (χ1v) is 8.97. The summed E-state index contributed by atoms with van der Waals surface area (Å²) in [5.41, 5.74) is 8.38. The minimum atomic E-state index is -0.293. The van der Waals surface area contributed by atoms with Gasteiger partial charge in [-0.25, -0.2) is 5.43 Å². The highest BCUT2D eigenvalue weighted by Crippen LogP contribution is 2.30. The van der Waals surface area contributed by atoms with Gasteiger partial charge >= 0.3 is 0 Å². The van der Waals surface area contributed by atoms with Gasteiger partial charge in [0.15, 0.2) is 0 Å². The van der Waals surface area contributed by atoms with Crippen LogP contribution in [0.15, 0.2) is 58.4 Å². The van der Waals surface area contributed by atoms with Crippen LogP contribution in [-0.2, 0) is 0 Å². The Balaban J connectivity index is 1.89. The Kier molecular flexibility index (Phi) is 5.32. The van der Waals surface area contributed by atoms with Crippen LogP contribution in [0, 0.1) is 20.8 Å². The van der Waals surface area contributed by atoms with E-state index in [0.29, 0.717) is 5.56 Å². The number of benzene rings is 1. The van der Waals surface area contributed by atoms with E-state index in [1.54, 1.807) is 24.5 Å². The zero-order valence-corrected chi connectivity index (χ0v) is 16.4. The van der Waals surface area contributed by atoms with E-state index in [2.05, 4.69) is 62.0 Å². The van der Waals surface area contributed by atoms with Crippen molar-refractivity contribution in [2.24, 2.45) is 5.10 Å². The topological polar surface area (TPSA) is 59.3 Å². The summed E-state index contributed by atoms with van der Waals surface area (Å²) >= 11 is 3.65. The number of nitrogens with one attached hydrogen (secondary N) is 1. The van der Waals surface area contributed by atoms with Gasteiger partial charge in [0.1, 0.15) is 0 Å². The average Bonchev–Trinajstić information content (AvgIpc) is 2.86. The van der Waals surface area contributed by atoms with E-state index in [1.807, 2.05) is 19.1 Å². The molecular weight excluding hydrogens is 392 g/mol. The molecule has 0 unspecified atom stereocenters. The number of para-hydroxylation sites is 1. The standard InChI is InChI=1S/C20H19BrN4O/c1-13-7-4-5-9-18(13)25-14(2)17(19(21)15(25)3)12-23-24-20(26)16-8-6-10-22-11-16/h4-12H,1-3H3,(H,24,26)/b23-12-. The minimum absolute atomic E-state index is 0.293. The predicted molar refractivity (Wildman–Crippen MR) is 107 cm³/mol. The molecule has 2 heterocycles. The summed E-state index contributed by atoms with van der Waals surface area (Å²) in [6, 6.07) is 11.6. The van der Waals surface area contributed by atoms with E-state index in [1.165, 1.54) is 11.8 Å². The molecule has 0 bridgehead atoms. The Morgan fingerprint density at radius 2 is 1.92 bits per heavy atom. The van der Waals surface area contributed by atoms with Crippen molar-refractivity contribution in [2.45, 2.75) is 20.8 Å². The molecule has 0 saturated carbocycles. The number of nitrogens with zero attached hydrogens (tertiary/aromatic N) is 3. The Morgan fingerprint density at radius 1 is 1.15 bits per heavy atom. The normalized spacial score (nSPS) is 11.1. The number of rotatable bonds is 4. The van der Waals surface area contributed by atoms with Crippen molar-refractivity contribution in [3.8, 4) is 5.69 Å². The first-order valence-electron chi connectivity index (χ1n) is 8.17. The largest absolute Gasteiger partial charge is 0.316 e.